The van der Waals surface area contributed by atoms with Crippen LogP contribution in [-0.2, 0) is 21.7 Å². The van der Waals surface area contributed by atoms with Gasteiger partial charge in [0.1, 0.15) is 11.6 Å². The van der Waals surface area contributed by atoms with Gasteiger partial charge in [0.25, 0.3) is 5.69 Å². The van der Waals surface area contributed by atoms with Crippen molar-refractivity contribution in [3.8, 4) is 0 Å². The standard InChI is InChI=1S/C20H19N3O5S/c1-12(2)17-10-21-19(29-17)20(7-4-8-22-20)18(25)14-5-6-15(11-28-13(3)24)16(9-14)23(26)27/h4-10,12H,11H2,1-3H3. The Balaban J connectivity index is 2.02. The summed E-state index contributed by atoms with van der Waals surface area (Å²) in [6.07, 6.45) is 6.57. The monoisotopic (exact) mass is 413 g/mol. The van der Waals surface area contributed by atoms with Crippen LogP contribution in [0.2, 0.25) is 0 Å². The van der Waals surface area contributed by atoms with E-state index in [0.29, 0.717) is 5.01 Å². The third-order valence-corrected chi connectivity index (χ3v) is 5.86. The van der Waals surface area contributed by atoms with Gasteiger partial charge in [0.2, 0.25) is 5.78 Å². The number of carbonyl (C=O) groups excluding carboxylic acids is 2. The summed E-state index contributed by atoms with van der Waals surface area (Å²) in [4.78, 5) is 45.1. The Morgan fingerprint density at radius 1 is 1.34 bits per heavy atom. The molecule has 1 aliphatic rings. The molecular formula is C20H19N3O5S. The van der Waals surface area contributed by atoms with Crippen molar-refractivity contribution in [2.24, 2.45) is 4.99 Å². The van der Waals surface area contributed by atoms with Crippen LogP contribution in [0.3, 0.4) is 0 Å². The van der Waals surface area contributed by atoms with Crippen molar-refractivity contribution in [1.29, 1.82) is 0 Å². The summed E-state index contributed by atoms with van der Waals surface area (Å²) in [7, 11) is 0. The number of ketones is 1. The molecule has 1 unspecified atom stereocenters. The summed E-state index contributed by atoms with van der Waals surface area (Å²) in [6.45, 7) is 5.04. The van der Waals surface area contributed by atoms with Crippen LogP contribution in [0.25, 0.3) is 0 Å². The highest BCUT2D eigenvalue weighted by molar-refractivity contribution is 7.12. The fourth-order valence-electron chi connectivity index (χ4n) is 2.87. The Kier molecular flexibility index (Phi) is 5.69. The lowest BCUT2D eigenvalue weighted by atomic mass is 9.90. The molecule has 0 amide bonds. The number of benzene rings is 1. The average molecular weight is 413 g/mol. The first-order valence-electron chi connectivity index (χ1n) is 8.89. The van der Waals surface area contributed by atoms with Crippen molar-refractivity contribution >= 4 is 35.0 Å². The number of nitro benzene ring substituents is 1. The molecule has 0 radical (unpaired) electrons. The molecule has 1 aromatic carbocycles. The van der Waals surface area contributed by atoms with E-state index in [0.717, 1.165) is 4.88 Å². The summed E-state index contributed by atoms with van der Waals surface area (Å²) < 4.78 is 4.86. The van der Waals surface area contributed by atoms with Gasteiger partial charge in [0, 0.05) is 35.8 Å². The zero-order valence-electron chi connectivity index (χ0n) is 16.1. The van der Waals surface area contributed by atoms with Gasteiger partial charge in [-0.1, -0.05) is 19.9 Å². The quantitative estimate of drug-likeness (QED) is 0.294. The Hall–Kier alpha value is -3.20. The molecule has 0 aliphatic carbocycles. The second-order valence-corrected chi connectivity index (χ2v) is 7.90. The number of Topliss-reactive ketones (excluding diaryl/α,β-unsaturated/α-hetero) is 1. The molecule has 1 aliphatic heterocycles. The van der Waals surface area contributed by atoms with Gasteiger partial charge in [0.15, 0.2) is 5.54 Å². The van der Waals surface area contributed by atoms with Crippen molar-refractivity contribution in [3.63, 3.8) is 0 Å². The van der Waals surface area contributed by atoms with E-state index >= 15 is 0 Å². The molecule has 1 aromatic heterocycles. The first kappa shape index (κ1) is 20.5. The molecule has 1 atom stereocenters. The average Bonchev–Trinajstić information content (AvgIpc) is 3.35. The molecule has 0 bridgehead atoms. The van der Waals surface area contributed by atoms with Crippen LogP contribution in [0.1, 0.15) is 52.5 Å². The number of ether oxygens (including phenoxy) is 1. The van der Waals surface area contributed by atoms with E-state index in [-0.39, 0.29) is 29.3 Å². The minimum absolute atomic E-state index is 0.133. The molecular weight excluding hydrogens is 394 g/mol. The molecule has 9 heteroatoms. The van der Waals surface area contributed by atoms with Crippen molar-refractivity contribution in [1.82, 2.24) is 4.98 Å². The topological polar surface area (TPSA) is 112 Å². The van der Waals surface area contributed by atoms with Crippen molar-refractivity contribution in [2.75, 3.05) is 0 Å². The summed E-state index contributed by atoms with van der Waals surface area (Å²) in [5.41, 5.74) is -1.28. The number of aliphatic imine (C=N–C) groups is 1. The van der Waals surface area contributed by atoms with E-state index < -0.39 is 22.2 Å². The highest BCUT2D eigenvalue weighted by Crippen LogP contribution is 2.38. The van der Waals surface area contributed by atoms with Crippen LogP contribution >= 0.6 is 11.3 Å². The number of carbonyl (C=O) groups is 2. The first-order chi connectivity index (χ1) is 13.7. The third kappa shape index (κ3) is 4.00. The first-order valence-corrected chi connectivity index (χ1v) is 9.71. The number of nitrogens with zero attached hydrogens (tertiary/aromatic N) is 3. The third-order valence-electron chi connectivity index (χ3n) is 4.44. The zero-order valence-corrected chi connectivity index (χ0v) is 16.9. The Morgan fingerprint density at radius 3 is 2.66 bits per heavy atom. The van der Waals surface area contributed by atoms with Crippen LogP contribution in [0.5, 0.6) is 0 Å². The number of nitro groups is 1. The molecule has 2 aromatic rings. The van der Waals surface area contributed by atoms with Gasteiger partial charge in [0.05, 0.1) is 10.5 Å². The van der Waals surface area contributed by atoms with Gasteiger partial charge in [-0.05, 0) is 24.1 Å². The number of aromatic nitrogens is 1. The largest absolute Gasteiger partial charge is 0.461 e. The fourth-order valence-corrected chi connectivity index (χ4v) is 3.91. The Morgan fingerprint density at radius 2 is 2.10 bits per heavy atom. The van der Waals surface area contributed by atoms with E-state index in [2.05, 4.69) is 9.98 Å². The van der Waals surface area contributed by atoms with Gasteiger partial charge >= 0.3 is 5.97 Å². The maximum atomic E-state index is 13.4. The molecule has 2 heterocycles. The molecule has 150 valence electrons. The van der Waals surface area contributed by atoms with Crippen molar-refractivity contribution in [3.05, 3.63) is 67.7 Å². The van der Waals surface area contributed by atoms with Crippen molar-refractivity contribution < 1.29 is 19.2 Å². The van der Waals surface area contributed by atoms with E-state index in [9.17, 15) is 19.7 Å². The number of thiazole rings is 1. The second-order valence-electron chi connectivity index (χ2n) is 6.84. The number of rotatable bonds is 7. The number of hydrogen-bond acceptors (Lipinski definition) is 8. The highest BCUT2D eigenvalue weighted by atomic mass is 32.1. The van der Waals surface area contributed by atoms with Gasteiger partial charge < -0.3 is 4.74 Å². The molecule has 8 nitrogen and oxygen atoms in total. The highest BCUT2D eigenvalue weighted by Gasteiger charge is 2.42. The fraction of sp³-hybridized carbons (Fsp3) is 0.300. The molecule has 0 spiro atoms. The number of allylic oxidation sites excluding steroid dienone is 1. The zero-order chi connectivity index (χ0) is 21.2. The Bertz CT molecular complexity index is 1030. The van der Waals surface area contributed by atoms with Crippen LogP contribution in [-0.4, -0.2) is 27.9 Å². The van der Waals surface area contributed by atoms with Gasteiger partial charge in [-0.3, -0.25) is 24.7 Å². The predicted molar refractivity (Wildman–Crippen MR) is 108 cm³/mol. The lowest BCUT2D eigenvalue weighted by molar-refractivity contribution is -0.385. The SMILES string of the molecule is CC(=O)OCc1ccc(C(=O)C2(c3ncc(C(C)C)s3)C=CC=N2)cc1[N+](=O)[O-]. The van der Waals surface area contributed by atoms with E-state index in [4.69, 9.17) is 4.74 Å². The maximum Gasteiger partial charge on any atom is 0.302 e. The lowest BCUT2D eigenvalue weighted by Crippen LogP contribution is -2.30. The van der Waals surface area contributed by atoms with Gasteiger partial charge in [-0.2, -0.15) is 0 Å². The van der Waals surface area contributed by atoms with Crippen molar-refractivity contribution in [2.45, 2.75) is 38.8 Å². The van der Waals surface area contributed by atoms with Crippen LogP contribution in [0.15, 0.2) is 41.5 Å². The summed E-state index contributed by atoms with van der Waals surface area (Å²) >= 11 is 1.40. The molecule has 29 heavy (non-hydrogen) atoms. The van der Waals surface area contributed by atoms with E-state index in [1.54, 1.807) is 18.3 Å². The minimum atomic E-state index is -1.33. The Labute approximate surface area is 171 Å². The summed E-state index contributed by atoms with van der Waals surface area (Å²) in [5, 5.41) is 12.0. The van der Waals surface area contributed by atoms with Crippen LogP contribution in [0.4, 0.5) is 5.69 Å². The predicted octanol–water partition coefficient (Wildman–Crippen LogP) is 3.96. The number of hydrogen-bond donors (Lipinski definition) is 0. The second kappa shape index (κ2) is 8.04. The van der Waals surface area contributed by atoms with Gasteiger partial charge in [-0.25, -0.2) is 4.98 Å². The molecule has 0 saturated carbocycles. The van der Waals surface area contributed by atoms with Crippen LogP contribution in [0, 0.1) is 10.1 Å². The lowest BCUT2D eigenvalue weighted by Gasteiger charge is -2.20. The normalized spacial score (nSPS) is 17.7. The summed E-state index contributed by atoms with van der Waals surface area (Å²) in [5.74, 6) is -0.702. The van der Waals surface area contributed by atoms with E-state index in [1.807, 2.05) is 13.8 Å². The molecule has 0 saturated heterocycles. The number of esters is 1. The summed E-state index contributed by atoms with van der Waals surface area (Å²) in [6, 6.07) is 4.10. The molecule has 3 rings (SSSR count). The molecule has 0 fully saturated rings. The van der Waals surface area contributed by atoms with Crippen LogP contribution < -0.4 is 0 Å². The minimum Gasteiger partial charge on any atom is -0.461 e. The maximum absolute atomic E-state index is 13.4. The molecule has 0 N–H and O–H groups in total. The van der Waals surface area contributed by atoms with Gasteiger partial charge in [-0.15, -0.1) is 11.3 Å². The smallest absolute Gasteiger partial charge is 0.302 e. The van der Waals surface area contributed by atoms with E-state index in [1.165, 1.54) is 42.7 Å².